The van der Waals surface area contributed by atoms with E-state index >= 15 is 0 Å². The zero-order chi connectivity index (χ0) is 40.2. The van der Waals surface area contributed by atoms with Crippen molar-refractivity contribution >= 4 is 0 Å². The monoisotopic (exact) mass is 743 g/mol. The predicted molar refractivity (Wildman–Crippen MR) is 232 cm³/mol. The van der Waals surface area contributed by atoms with Crippen LogP contribution in [0, 0.1) is 0 Å². The second-order valence-electron chi connectivity index (χ2n) is 15.6. The highest BCUT2D eigenvalue weighted by atomic mass is 15.4. The van der Waals surface area contributed by atoms with E-state index in [-0.39, 0.29) is 0 Å². The average Bonchev–Trinajstić information content (AvgIpc) is 3.14. The van der Waals surface area contributed by atoms with Gasteiger partial charge in [-0.3, -0.25) is 24.9 Å². The fourth-order valence-electron chi connectivity index (χ4n) is 7.41. The molecule has 0 fully saturated rings. The summed E-state index contributed by atoms with van der Waals surface area (Å²) >= 11 is 0. The molecule has 0 aromatic carbocycles. The molecule has 0 aromatic heterocycles. The summed E-state index contributed by atoms with van der Waals surface area (Å²) in [5, 5.41) is 6.56. The molecule has 10 heteroatoms. The largest absolute Gasteiger partial charge is 0.376 e. The Morgan fingerprint density at radius 3 is 1.89 bits per heavy atom. The fraction of sp³-hybridized carbons (Fsp3) is 0.767. The molecular formula is C43H86N10. The van der Waals surface area contributed by atoms with Crippen molar-refractivity contribution in [3.63, 3.8) is 0 Å². The minimum absolute atomic E-state index is 0.522. The Bertz CT molecular complexity index is 1160. The Balaban J connectivity index is 0.000000334. The van der Waals surface area contributed by atoms with E-state index in [4.69, 9.17) is 0 Å². The maximum Gasteiger partial charge on any atom is 0.0785 e. The van der Waals surface area contributed by atoms with Crippen LogP contribution >= 0.6 is 0 Å². The zero-order valence-electron chi connectivity index (χ0n) is 37.7. The first-order chi connectivity index (χ1) is 25.1. The molecule has 0 radical (unpaired) electrons. The van der Waals surface area contributed by atoms with E-state index in [1.54, 1.807) is 5.57 Å². The Hall–Kier alpha value is -2.50. The summed E-state index contributed by atoms with van der Waals surface area (Å²) in [6, 6.07) is 1.91. The number of hydrogen-bond acceptors (Lipinski definition) is 10. The third-order valence-electron chi connectivity index (χ3n) is 11.4. The molecule has 10 nitrogen and oxygen atoms in total. The first-order valence-corrected chi connectivity index (χ1v) is 20.7. The molecule has 5 rings (SSSR count). The maximum absolute atomic E-state index is 3.38. The zero-order valence-corrected chi connectivity index (χ0v) is 37.7. The van der Waals surface area contributed by atoms with Gasteiger partial charge in [0.15, 0.2) is 0 Å². The van der Waals surface area contributed by atoms with Gasteiger partial charge in [-0.1, -0.05) is 47.6 Å². The number of allylic oxidation sites excluding steroid dienone is 1. The summed E-state index contributed by atoms with van der Waals surface area (Å²) < 4.78 is 0. The van der Waals surface area contributed by atoms with Gasteiger partial charge in [0.1, 0.15) is 0 Å². The van der Waals surface area contributed by atoms with Crippen LogP contribution in [0.5, 0.6) is 0 Å². The fourth-order valence-corrected chi connectivity index (χ4v) is 7.41. The van der Waals surface area contributed by atoms with Crippen molar-refractivity contribution in [1.82, 2.24) is 49.8 Å². The van der Waals surface area contributed by atoms with Gasteiger partial charge in [0.2, 0.25) is 0 Å². The molecule has 0 saturated heterocycles. The van der Waals surface area contributed by atoms with E-state index in [0.717, 1.165) is 45.9 Å². The number of nitrogens with zero attached hydrogens (tertiary/aromatic N) is 8. The number of nitrogens with one attached hydrogen (secondary N) is 2. The van der Waals surface area contributed by atoms with Crippen LogP contribution in [0.4, 0.5) is 0 Å². The van der Waals surface area contributed by atoms with Crippen LogP contribution in [0.3, 0.4) is 0 Å². The Labute approximate surface area is 329 Å². The minimum atomic E-state index is 0.522. The highest BCUT2D eigenvalue weighted by Crippen LogP contribution is 2.22. The van der Waals surface area contributed by atoms with Gasteiger partial charge < -0.3 is 24.9 Å². The lowest BCUT2D eigenvalue weighted by Gasteiger charge is -2.41. The third-order valence-corrected chi connectivity index (χ3v) is 11.4. The van der Waals surface area contributed by atoms with Crippen molar-refractivity contribution in [2.24, 2.45) is 0 Å². The van der Waals surface area contributed by atoms with Crippen molar-refractivity contribution in [3.05, 3.63) is 59.4 Å². The van der Waals surface area contributed by atoms with Crippen molar-refractivity contribution in [1.29, 1.82) is 0 Å². The molecule has 5 aliphatic heterocycles. The van der Waals surface area contributed by atoms with E-state index in [1.165, 1.54) is 42.5 Å². The number of likely N-dealkylation sites (N-methyl/N-ethyl adjacent to an activating group) is 4. The van der Waals surface area contributed by atoms with E-state index in [0.29, 0.717) is 30.5 Å². The van der Waals surface area contributed by atoms with Crippen LogP contribution in [-0.4, -0.2) is 159 Å². The molecule has 0 aliphatic carbocycles. The molecule has 5 unspecified atom stereocenters. The van der Waals surface area contributed by atoms with E-state index in [1.807, 2.05) is 7.05 Å². The average molecular weight is 743 g/mol. The van der Waals surface area contributed by atoms with Gasteiger partial charge in [-0.2, -0.15) is 0 Å². The van der Waals surface area contributed by atoms with Gasteiger partial charge in [-0.05, 0) is 123 Å². The Kier molecular flexibility index (Phi) is 23.4. The molecule has 5 aliphatic rings. The smallest absolute Gasteiger partial charge is 0.0785 e. The summed E-state index contributed by atoms with van der Waals surface area (Å²) in [6.07, 6.45) is 21.4. The summed E-state index contributed by atoms with van der Waals surface area (Å²) in [4.78, 5) is 18.5. The summed E-state index contributed by atoms with van der Waals surface area (Å²) in [6.45, 7) is 25.3. The van der Waals surface area contributed by atoms with Crippen LogP contribution < -0.4 is 10.6 Å². The number of rotatable bonds is 6. The second-order valence-corrected chi connectivity index (χ2v) is 15.6. The van der Waals surface area contributed by atoms with E-state index in [9.17, 15) is 0 Å². The topological polar surface area (TPSA) is 50.0 Å². The van der Waals surface area contributed by atoms with Crippen LogP contribution in [0.2, 0.25) is 0 Å². The lowest BCUT2D eigenvalue weighted by molar-refractivity contribution is 0.0928. The van der Waals surface area contributed by atoms with Gasteiger partial charge in [0, 0.05) is 77.5 Å². The summed E-state index contributed by atoms with van der Waals surface area (Å²) in [5.74, 6) is 0. The third kappa shape index (κ3) is 16.4. The Morgan fingerprint density at radius 1 is 0.736 bits per heavy atom. The minimum Gasteiger partial charge on any atom is -0.376 e. The van der Waals surface area contributed by atoms with Crippen LogP contribution in [0.15, 0.2) is 59.4 Å². The van der Waals surface area contributed by atoms with Gasteiger partial charge in [0.25, 0.3) is 0 Å². The quantitative estimate of drug-likeness (QED) is 0.303. The van der Waals surface area contributed by atoms with Gasteiger partial charge in [0.05, 0.1) is 32.3 Å². The van der Waals surface area contributed by atoms with Gasteiger partial charge in [-0.25, -0.2) is 0 Å². The second kappa shape index (κ2) is 25.6. The molecule has 0 aromatic rings. The maximum atomic E-state index is 3.38. The predicted octanol–water partition coefficient (Wildman–Crippen LogP) is 6.83. The van der Waals surface area contributed by atoms with E-state index in [2.05, 4.69) is 198 Å². The first-order valence-electron chi connectivity index (χ1n) is 20.7. The summed E-state index contributed by atoms with van der Waals surface area (Å²) in [5.41, 5.74) is 5.99. The lowest BCUT2D eigenvalue weighted by atomic mass is 10.0. The lowest BCUT2D eigenvalue weighted by Crippen LogP contribution is -2.48. The van der Waals surface area contributed by atoms with Crippen molar-refractivity contribution in [3.8, 4) is 0 Å². The highest BCUT2D eigenvalue weighted by molar-refractivity contribution is 5.13. The molecular weight excluding hydrogens is 657 g/mol. The Morgan fingerprint density at radius 2 is 1.42 bits per heavy atom. The molecule has 5 heterocycles. The molecule has 0 bridgehead atoms. The molecule has 0 spiro atoms. The first kappa shape index (κ1) is 48.5. The molecule has 0 amide bonds. The van der Waals surface area contributed by atoms with Crippen LogP contribution in [0.1, 0.15) is 101 Å². The van der Waals surface area contributed by atoms with Crippen molar-refractivity contribution in [2.45, 2.75) is 131 Å². The van der Waals surface area contributed by atoms with Gasteiger partial charge in [-0.15, -0.1) is 0 Å². The normalized spacial score (nSPS) is 26.8. The van der Waals surface area contributed by atoms with Crippen molar-refractivity contribution < 1.29 is 0 Å². The molecule has 53 heavy (non-hydrogen) atoms. The molecule has 0 saturated carbocycles. The summed E-state index contributed by atoms with van der Waals surface area (Å²) in [7, 11) is 17.2. The van der Waals surface area contributed by atoms with E-state index < -0.39 is 0 Å². The number of hydrogen-bond donors (Lipinski definition) is 2. The molecule has 308 valence electrons. The SMILES string of the molecule is CC1=CN(C)C(C)N(C)C1C.CCC1=CC(CC)N(C)CN1C.CCC1=CN(C)CN(C)C1CC.CCC1=CNC(CC)N(C)C1.CN1C=CCNC1. The van der Waals surface area contributed by atoms with Crippen LogP contribution in [0.25, 0.3) is 0 Å². The highest BCUT2D eigenvalue weighted by Gasteiger charge is 2.24. The van der Waals surface area contributed by atoms with Crippen LogP contribution in [-0.2, 0) is 0 Å². The standard InChI is InChI=1S/2C10H20N2.2C9H18N2.C5H10N2/c1-5-9-7-11(3)8-12(4)10(9)6-2;1-5-9-7-10(6-2)12(4)8-11(9)3;1-7-6-10(4)9(3)11(5)8(7)2;1-4-8-6-10-9(5-2)11(3)7-8;1-7-4-2-3-6-5-7/h7,10H,5-6,8H2,1-4H3;7,9H,5-6,8H2,1-4H3;6,8-9H,1-5H3;6,9-10H,4-5,7H2,1-3H3;2,4,6H,3,5H2,1H3. The molecule has 2 N–H and O–H groups in total. The molecule has 5 atom stereocenters. The van der Waals surface area contributed by atoms with Crippen molar-refractivity contribution in [2.75, 3.05) is 89.5 Å². The van der Waals surface area contributed by atoms with Gasteiger partial charge >= 0.3 is 0 Å².